The summed E-state index contributed by atoms with van der Waals surface area (Å²) in [7, 11) is 2.27. The first-order valence-electron chi connectivity index (χ1n) is 4.91. The van der Waals surface area contributed by atoms with Gasteiger partial charge in [-0.1, -0.05) is 6.42 Å². The average Bonchev–Trinajstić information content (AvgIpc) is 2.34. The summed E-state index contributed by atoms with van der Waals surface area (Å²) < 4.78 is 0.986. The third-order valence-corrected chi connectivity index (χ3v) is 2.98. The first-order chi connectivity index (χ1) is 5.81. The Labute approximate surface area is 74.2 Å². The van der Waals surface area contributed by atoms with Crippen molar-refractivity contribution in [3.05, 3.63) is 12.4 Å². The Morgan fingerprint density at radius 1 is 1.25 bits per heavy atom. The van der Waals surface area contributed by atoms with E-state index in [4.69, 9.17) is 0 Å². The van der Waals surface area contributed by atoms with E-state index in [1.807, 2.05) is 6.20 Å². The van der Waals surface area contributed by atoms with E-state index in [9.17, 15) is 0 Å². The minimum atomic E-state index is 0.986. The SMILES string of the molecule is C[N+]12C=CN=C1CCCCCC2. The van der Waals surface area contributed by atoms with Crippen molar-refractivity contribution in [3.63, 3.8) is 0 Å². The molecule has 0 aromatic heterocycles. The van der Waals surface area contributed by atoms with Gasteiger partial charge in [0.1, 0.15) is 6.20 Å². The zero-order chi connectivity index (χ0) is 8.44. The third-order valence-electron chi connectivity index (χ3n) is 2.98. The summed E-state index contributed by atoms with van der Waals surface area (Å²) in [6.07, 6.45) is 10.9. The number of rotatable bonds is 0. The highest BCUT2D eigenvalue weighted by atomic mass is 15.4. The van der Waals surface area contributed by atoms with Gasteiger partial charge in [0.2, 0.25) is 5.84 Å². The number of hydrogen-bond donors (Lipinski definition) is 0. The molecule has 1 fully saturated rings. The van der Waals surface area contributed by atoms with E-state index in [0.29, 0.717) is 0 Å². The number of aliphatic imine (C=N–C) groups is 1. The predicted molar refractivity (Wildman–Crippen MR) is 50.7 cm³/mol. The molecule has 0 N–H and O–H groups in total. The highest BCUT2D eigenvalue weighted by Gasteiger charge is 2.30. The van der Waals surface area contributed by atoms with Crippen LogP contribution >= 0.6 is 0 Å². The van der Waals surface area contributed by atoms with Gasteiger partial charge < -0.3 is 0 Å². The van der Waals surface area contributed by atoms with Crippen molar-refractivity contribution >= 4 is 5.84 Å². The van der Waals surface area contributed by atoms with Crippen molar-refractivity contribution in [1.82, 2.24) is 0 Å². The lowest BCUT2D eigenvalue weighted by molar-refractivity contribution is -0.765. The molecule has 2 heteroatoms. The molecular formula is C10H17N2+. The average molecular weight is 165 g/mol. The fourth-order valence-corrected chi connectivity index (χ4v) is 2.08. The highest BCUT2D eigenvalue weighted by molar-refractivity contribution is 5.78. The number of quaternary nitrogens is 1. The largest absolute Gasteiger partial charge is 0.253 e. The Bertz CT molecular complexity index is 230. The third kappa shape index (κ3) is 1.31. The fourth-order valence-electron chi connectivity index (χ4n) is 2.08. The molecule has 2 aliphatic rings. The van der Waals surface area contributed by atoms with Crippen LogP contribution < -0.4 is 0 Å². The van der Waals surface area contributed by atoms with Gasteiger partial charge in [-0.3, -0.25) is 4.48 Å². The molecule has 0 bridgehead atoms. The van der Waals surface area contributed by atoms with Gasteiger partial charge in [0.25, 0.3) is 0 Å². The zero-order valence-corrected chi connectivity index (χ0v) is 7.79. The highest BCUT2D eigenvalue weighted by Crippen LogP contribution is 2.22. The Morgan fingerprint density at radius 3 is 3.00 bits per heavy atom. The summed E-state index contributed by atoms with van der Waals surface area (Å²) in [4.78, 5) is 4.44. The standard InChI is InChI=1S/C10H17N2/c1-12-8-5-3-2-4-6-10(12)11-7-9-12/h7,9H,2-6,8H2,1H3/q+1. The van der Waals surface area contributed by atoms with Crippen LogP contribution in [-0.2, 0) is 0 Å². The van der Waals surface area contributed by atoms with E-state index in [0.717, 1.165) is 4.48 Å². The van der Waals surface area contributed by atoms with Gasteiger partial charge in [-0.25, -0.2) is 4.99 Å². The number of hydrogen-bond acceptors (Lipinski definition) is 1. The Morgan fingerprint density at radius 2 is 2.08 bits per heavy atom. The maximum absolute atomic E-state index is 4.44. The molecule has 0 radical (unpaired) electrons. The van der Waals surface area contributed by atoms with Crippen LogP contribution in [0.5, 0.6) is 0 Å². The molecule has 0 aromatic rings. The molecule has 0 amide bonds. The lowest BCUT2D eigenvalue weighted by Crippen LogP contribution is -2.43. The molecule has 12 heavy (non-hydrogen) atoms. The number of fused-ring (bicyclic) bond motifs is 1. The maximum Gasteiger partial charge on any atom is 0.207 e. The second kappa shape index (κ2) is 3.02. The van der Waals surface area contributed by atoms with Crippen LogP contribution in [0.2, 0.25) is 0 Å². The van der Waals surface area contributed by atoms with E-state index >= 15 is 0 Å². The molecule has 1 unspecified atom stereocenters. The van der Waals surface area contributed by atoms with E-state index in [1.165, 1.54) is 44.5 Å². The topological polar surface area (TPSA) is 12.4 Å². The molecule has 0 saturated carbocycles. The van der Waals surface area contributed by atoms with Crippen LogP contribution in [0, 0.1) is 0 Å². The molecule has 0 spiro atoms. The Hall–Kier alpha value is -0.630. The molecule has 2 aliphatic heterocycles. The van der Waals surface area contributed by atoms with E-state index < -0.39 is 0 Å². The molecule has 66 valence electrons. The smallest absolute Gasteiger partial charge is 0.207 e. The number of nitrogens with zero attached hydrogens (tertiary/aromatic N) is 2. The molecule has 1 saturated heterocycles. The van der Waals surface area contributed by atoms with Gasteiger partial charge in [0, 0.05) is 6.42 Å². The van der Waals surface area contributed by atoms with Crippen LogP contribution in [0.3, 0.4) is 0 Å². The van der Waals surface area contributed by atoms with Crippen molar-refractivity contribution in [2.75, 3.05) is 13.6 Å². The lowest BCUT2D eigenvalue weighted by atomic mass is 10.1. The number of amidine groups is 1. The minimum Gasteiger partial charge on any atom is -0.253 e. The van der Waals surface area contributed by atoms with Gasteiger partial charge in [-0.05, 0) is 19.3 Å². The summed E-state index contributed by atoms with van der Waals surface area (Å²) in [5, 5.41) is 0. The Kier molecular flexibility index (Phi) is 2.01. The lowest BCUT2D eigenvalue weighted by Gasteiger charge is -2.29. The first-order valence-corrected chi connectivity index (χ1v) is 4.91. The van der Waals surface area contributed by atoms with Gasteiger partial charge in [-0.15, -0.1) is 0 Å². The first kappa shape index (κ1) is 7.99. The van der Waals surface area contributed by atoms with Crippen LogP contribution in [0.25, 0.3) is 0 Å². The van der Waals surface area contributed by atoms with Crippen molar-refractivity contribution in [2.24, 2.45) is 4.99 Å². The van der Waals surface area contributed by atoms with Crippen molar-refractivity contribution in [3.8, 4) is 0 Å². The van der Waals surface area contributed by atoms with E-state index in [1.54, 1.807) is 0 Å². The predicted octanol–water partition coefficient (Wildman–Crippen LogP) is 2.28. The molecule has 2 heterocycles. The van der Waals surface area contributed by atoms with Gasteiger partial charge >= 0.3 is 0 Å². The maximum atomic E-state index is 4.44. The van der Waals surface area contributed by atoms with Crippen LogP contribution in [0.4, 0.5) is 0 Å². The summed E-state index contributed by atoms with van der Waals surface area (Å²) >= 11 is 0. The van der Waals surface area contributed by atoms with Crippen molar-refractivity contribution < 1.29 is 4.48 Å². The molecular weight excluding hydrogens is 148 g/mol. The summed E-state index contributed by atoms with van der Waals surface area (Å²) in [6.45, 7) is 1.25. The van der Waals surface area contributed by atoms with Gasteiger partial charge in [0.15, 0.2) is 0 Å². The van der Waals surface area contributed by atoms with E-state index in [2.05, 4.69) is 18.2 Å². The van der Waals surface area contributed by atoms with Crippen LogP contribution in [0.1, 0.15) is 32.1 Å². The minimum absolute atomic E-state index is 0.986. The summed E-state index contributed by atoms with van der Waals surface area (Å²) in [5.41, 5.74) is 0. The molecule has 0 aromatic carbocycles. The second-order valence-electron chi connectivity index (χ2n) is 4.00. The fraction of sp³-hybridized carbons (Fsp3) is 0.700. The second-order valence-corrected chi connectivity index (χ2v) is 4.00. The zero-order valence-electron chi connectivity index (χ0n) is 7.79. The molecule has 1 atom stereocenters. The van der Waals surface area contributed by atoms with Gasteiger partial charge in [0.05, 0.1) is 19.8 Å². The van der Waals surface area contributed by atoms with Crippen molar-refractivity contribution in [2.45, 2.75) is 32.1 Å². The van der Waals surface area contributed by atoms with Gasteiger partial charge in [-0.2, -0.15) is 0 Å². The van der Waals surface area contributed by atoms with Crippen LogP contribution in [-0.4, -0.2) is 23.9 Å². The van der Waals surface area contributed by atoms with Crippen LogP contribution in [0.15, 0.2) is 17.4 Å². The molecule has 0 aliphatic carbocycles. The summed E-state index contributed by atoms with van der Waals surface area (Å²) in [6, 6.07) is 0. The van der Waals surface area contributed by atoms with Crippen molar-refractivity contribution in [1.29, 1.82) is 0 Å². The molecule has 2 rings (SSSR count). The summed E-state index contributed by atoms with van der Waals surface area (Å²) in [5.74, 6) is 1.37. The van der Waals surface area contributed by atoms with E-state index in [-0.39, 0.29) is 0 Å². The molecule has 2 nitrogen and oxygen atoms in total. The normalized spacial score (nSPS) is 35.2. The Balaban J connectivity index is 2.14. The quantitative estimate of drug-likeness (QED) is 0.488. The monoisotopic (exact) mass is 165 g/mol.